The fraction of sp³-hybridized carbons (Fsp3) is 0.216. The maximum absolute atomic E-state index is 10.7. The molecule has 0 aliphatic carbocycles. The molecular weight excluding hydrogens is 1540 g/mol. The molecule has 1 radical (unpaired) electrons. The molecule has 8 nitrogen and oxygen atoms in total. The van der Waals surface area contributed by atoms with Crippen molar-refractivity contribution in [1.82, 2.24) is 39.9 Å². The van der Waals surface area contributed by atoms with Gasteiger partial charge in [0.05, 0.1) is 33.8 Å². The van der Waals surface area contributed by atoms with Gasteiger partial charge in [-0.1, -0.05) is 107 Å². The Morgan fingerprint density at radius 1 is 0.221 bits per heavy atom. The first-order valence-corrected chi connectivity index (χ1v) is 37.8. The van der Waals surface area contributed by atoms with E-state index in [2.05, 4.69) is 152 Å². The van der Waals surface area contributed by atoms with Gasteiger partial charge in [0.25, 0.3) is 0 Å². The van der Waals surface area contributed by atoms with E-state index in [1.807, 2.05) is 72.8 Å². The number of hydrogen-bond acceptors (Lipinski definition) is 8. The van der Waals surface area contributed by atoms with Crippen LogP contribution in [-0.2, 0) is 41.1 Å². The van der Waals surface area contributed by atoms with Crippen LogP contribution in [0.25, 0.3) is 153 Å². The van der Waals surface area contributed by atoms with E-state index in [1.54, 1.807) is 37.4 Å². The third-order valence-corrected chi connectivity index (χ3v) is 17.5. The van der Waals surface area contributed by atoms with Crippen LogP contribution >= 0.6 is 23.4 Å². The van der Waals surface area contributed by atoms with Crippen molar-refractivity contribution in [2.45, 2.75) is 105 Å². The smallest absolute Gasteiger partial charge is 0.255 e. The second-order valence-corrected chi connectivity index (χ2v) is 35.4. The van der Waals surface area contributed by atoms with Crippen molar-refractivity contribution in [3.63, 3.8) is 0 Å². The first kappa shape index (κ1) is 76.6. The van der Waals surface area contributed by atoms with Crippen LogP contribution in [0.15, 0.2) is 159 Å². The zero-order valence-corrected chi connectivity index (χ0v) is 61.5. The number of pyridine rings is 4. The van der Waals surface area contributed by atoms with E-state index in [9.17, 15) is 75.5 Å². The molecule has 0 saturated carbocycles. The van der Waals surface area contributed by atoms with Crippen LogP contribution in [0.4, 0.5) is 75.5 Å². The zero-order chi connectivity index (χ0) is 75.7. The van der Waals surface area contributed by atoms with Crippen LogP contribution in [0.2, 0.25) is 0 Å². The van der Waals surface area contributed by atoms with E-state index in [1.165, 1.54) is 119 Å². The normalized spacial score (nSPS) is 15.0. The van der Waals surface area contributed by atoms with Gasteiger partial charge in [-0.3, -0.25) is 19.9 Å². The Morgan fingerprint density at radius 3 is 0.577 bits per heavy atom. The van der Waals surface area contributed by atoms with Crippen molar-refractivity contribution >= 4 is 153 Å². The minimum atomic E-state index is -10.7. The number of fused-ring (bicyclic) bond motifs is 6. The van der Waals surface area contributed by atoms with Gasteiger partial charge < -0.3 is 0 Å². The fourth-order valence-electron chi connectivity index (χ4n) is 13.3. The fourth-order valence-corrected chi connectivity index (χ4v) is 13.3. The monoisotopic (exact) mass is 1600 g/mol. The van der Waals surface area contributed by atoms with E-state index in [-0.39, 0.29) is 41.1 Å². The molecule has 0 atom stereocenters. The van der Waals surface area contributed by atoms with Crippen molar-refractivity contribution in [3.8, 4) is 22.8 Å². The van der Waals surface area contributed by atoms with Gasteiger partial charge >= 0.3 is 118 Å². The topological polar surface area (TPSA) is 103 Å². The maximum Gasteiger partial charge on any atom is 3.00 e. The van der Waals surface area contributed by atoms with E-state index < -0.39 is 23.4 Å². The van der Waals surface area contributed by atoms with Crippen molar-refractivity contribution in [3.05, 3.63) is 181 Å². The minimum Gasteiger partial charge on any atom is -0.255 e. The van der Waals surface area contributed by atoms with Crippen molar-refractivity contribution in [2.24, 2.45) is 0 Å². The Kier molecular flexibility index (Phi) is 16.8. The van der Waals surface area contributed by atoms with E-state index in [0.717, 1.165) is 55.6 Å². The molecule has 0 bridgehead atoms. The molecule has 0 saturated heterocycles. The second-order valence-electron chi connectivity index (χ2n) is 29.7. The second kappa shape index (κ2) is 22.8. The SMILES string of the molecule is CC(C)(C)c1cc2c3cc(C(C)(C)C)cc4c5cc(C(C)(C)C)cc6c7ncnc8c9ncnc%10c%11cc(C(C)(C)C)cc%12c(c1)c2c1c(c34)c(c56)c(c78)c(c%109)c1c%12%11.F[P-](F)(F)(F)(F)F.F[P-](F)(F)(F)(F)F.F[P-](F)(F)(F)(F)F.[Ru+3].c1ccc(-c2ccccn2)nc1.c1ccc(-c2ccccn2)nc1. The quantitative estimate of drug-likeness (QED) is 0.0554. The Morgan fingerprint density at radius 2 is 0.394 bits per heavy atom. The Hall–Kier alpha value is -8.49. The van der Waals surface area contributed by atoms with Crippen LogP contribution in [0.5, 0.6) is 0 Å². The molecule has 30 heteroatoms. The third kappa shape index (κ3) is 16.6. The van der Waals surface area contributed by atoms with Crippen molar-refractivity contribution in [1.29, 1.82) is 0 Å². The molecule has 6 heterocycles. The molecule has 6 aromatic heterocycles. The summed E-state index contributed by atoms with van der Waals surface area (Å²) in [5, 5.41) is 26.1. The van der Waals surface area contributed by atoms with Gasteiger partial charge in [0.1, 0.15) is 23.7 Å². The van der Waals surface area contributed by atoms with Crippen LogP contribution in [0, 0.1) is 0 Å². The Labute approximate surface area is 593 Å². The number of rotatable bonds is 2. The van der Waals surface area contributed by atoms with Gasteiger partial charge in [0, 0.05) is 78.6 Å². The molecule has 0 fully saturated rings. The number of benzene rings is 11. The molecule has 0 N–H and O–H groups in total. The molecule has 104 heavy (non-hydrogen) atoms. The predicted octanol–water partition coefficient (Wildman–Crippen LogP) is 29.4. The van der Waals surface area contributed by atoms with Crippen LogP contribution < -0.4 is 0 Å². The van der Waals surface area contributed by atoms with Gasteiger partial charge in [-0.2, -0.15) is 0 Å². The molecule has 547 valence electrons. The first-order chi connectivity index (χ1) is 46.6. The largest absolute Gasteiger partial charge is 3.00 e. The van der Waals surface area contributed by atoms with Crippen molar-refractivity contribution < 1.29 is 95.0 Å². The van der Waals surface area contributed by atoms with E-state index >= 15 is 0 Å². The van der Waals surface area contributed by atoms with E-state index in [4.69, 9.17) is 19.9 Å². The summed E-state index contributed by atoms with van der Waals surface area (Å²) >= 11 is 0. The number of halogens is 18. The average Bonchev–Trinajstić information content (AvgIpc) is 0.642. The third-order valence-electron chi connectivity index (χ3n) is 17.5. The minimum absolute atomic E-state index is 0. The van der Waals surface area contributed by atoms with Crippen LogP contribution in [-0.4, -0.2) is 39.9 Å². The summed E-state index contributed by atoms with van der Waals surface area (Å²) in [4.78, 5) is 37.5. The summed E-state index contributed by atoms with van der Waals surface area (Å²) in [5.74, 6) is 0. The Bertz CT molecular complexity index is 5600. The van der Waals surface area contributed by atoms with Gasteiger partial charge in [-0.05, 0) is 195 Å². The van der Waals surface area contributed by atoms with Gasteiger partial charge in [-0.15, -0.1) is 0 Å². The standard InChI is InChI=1S/C54H46N4.2C10H8N2.3F6P.Ru/c1-51(2,3)23-13-27-28-14-24(52(4,5)6)16-30-32-18-26(54(10,11)12)20-34-38(32)42-40(36(28)30)39-35(27)29(15-23)31-17-25(53(7,8)9)19-33-37(31)41(39)43-44(42)46-48(34)56-22-58-50(46)49-45(43)47(33)55-21-57-49;2*1-3-7-11-9(5-1)10-6-2-4-8-12-10;3*1-7(2,3,4,5)6;/h13-22H,1-12H3;2*1-8H;;;;/q;;;3*-1;+3. The number of nitrogens with zero attached hydrogens (tertiary/aromatic N) is 8. The van der Waals surface area contributed by atoms with Crippen LogP contribution in [0.1, 0.15) is 105 Å². The molecule has 17 rings (SSSR count). The van der Waals surface area contributed by atoms with E-state index in [0.29, 0.717) is 0 Å². The molecule has 0 aliphatic rings. The molecular formula is C74H62F18N8P3Ru. The molecule has 0 spiro atoms. The van der Waals surface area contributed by atoms with Gasteiger partial charge in [0.15, 0.2) is 0 Å². The molecule has 0 aliphatic heterocycles. The molecule has 0 amide bonds. The average molecular weight is 1600 g/mol. The Balaban J connectivity index is 0.000000189. The van der Waals surface area contributed by atoms with Gasteiger partial charge in [0.2, 0.25) is 0 Å². The molecule has 17 aromatic rings. The summed E-state index contributed by atoms with van der Waals surface area (Å²) in [6, 6.07) is 43.3. The molecule has 0 unspecified atom stereocenters. The summed E-state index contributed by atoms with van der Waals surface area (Å²) in [6.07, 6.45) is 10.6. The first-order valence-electron chi connectivity index (χ1n) is 31.7. The zero-order valence-electron chi connectivity index (χ0n) is 57.1. The summed E-state index contributed by atoms with van der Waals surface area (Å²) in [6.45, 7) is 28.2. The van der Waals surface area contributed by atoms with Crippen LogP contribution in [0.3, 0.4) is 0 Å². The number of aromatic nitrogens is 8. The summed E-state index contributed by atoms with van der Waals surface area (Å²) < 4.78 is 178. The predicted molar refractivity (Wildman–Crippen MR) is 385 cm³/mol. The van der Waals surface area contributed by atoms with Gasteiger partial charge in [-0.25, -0.2) is 19.9 Å². The molecule has 11 aromatic carbocycles. The number of hydrogen-bond donors (Lipinski definition) is 0. The van der Waals surface area contributed by atoms with Crippen molar-refractivity contribution in [2.75, 3.05) is 0 Å². The summed E-state index contributed by atoms with van der Waals surface area (Å²) in [7, 11) is -32.0. The summed E-state index contributed by atoms with van der Waals surface area (Å²) in [5.41, 5.74) is 12.6. The maximum atomic E-state index is 9.87.